The Morgan fingerprint density at radius 2 is 1.97 bits per heavy atom. The van der Waals surface area contributed by atoms with Gasteiger partial charge >= 0.3 is 0 Å². The number of nitrogens with one attached hydrogen (secondary N) is 1. The lowest BCUT2D eigenvalue weighted by Crippen LogP contribution is -2.44. The smallest absolute Gasteiger partial charge is 0.263 e. The van der Waals surface area contributed by atoms with Crippen LogP contribution in [0, 0.1) is 0 Å². The fourth-order valence-electron chi connectivity index (χ4n) is 4.40. The van der Waals surface area contributed by atoms with Crippen LogP contribution in [-0.4, -0.2) is 38.4 Å². The van der Waals surface area contributed by atoms with Crippen molar-refractivity contribution in [3.8, 4) is 0 Å². The Morgan fingerprint density at radius 3 is 2.72 bits per heavy atom. The van der Waals surface area contributed by atoms with Gasteiger partial charge in [0.2, 0.25) is 5.91 Å². The van der Waals surface area contributed by atoms with Crippen LogP contribution in [-0.2, 0) is 21.2 Å². The molecule has 1 fully saturated rings. The van der Waals surface area contributed by atoms with Crippen LogP contribution < -0.4 is 14.5 Å². The first-order chi connectivity index (χ1) is 15.4. The molecule has 0 unspecified atom stereocenters. The highest BCUT2D eigenvalue weighted by Crippen LogP contribution is 2.36. The summed E-state index contributed by atoms with van der Waals surface area (Å²) in [5, 5.41) is 2.76. The molecule has 10 heteroatoms. The number of rotatable bonds is 5. The zero-order chi connectivity index (χ0) is 22.3. The minimum atomic E-state index is -3.73. The number of hydrogen-bond acceptors (Lipinski definition) is 6. The molecule has 5 rings (SSSR count). The fraction of sp³-hybridized carbons (Fsp3) is 0.273. The molecule has 1 N–H and O–H groups in total. The minimum absolute atomic E-state index is 0. The number of carbonyl (C=O) groups is 1. The van der Waals surface area contributed by atoms with Crippen molar-refractivity contribution in [3.05, 3.63) is 64.6 Å². The van der Waals surface area contributed by atoms with Gasteiger partial charge in [-0.3, -0.25) is 9.52 Å². The molecule has 7 nitrogen and oxygen atoms in total. The Kier molecular flexibility index (Phi) is 5.56. The molecule has 2 aliphatic heterocycles. The van der Waals surface area contributed by atoms with Crippen LogP contribution in [0.25, 0.3) is 0 Å². The maximum atomic E-state index is 13.3. The molecule has 0 saturated carbocycles. The van der Waals surface area contributed by atoms with Crippen molar-refractivity contribution in [2.75, 3.05) is 27.6 Å². The molecule has 1 atom stereocenters. The first-order valence-corrected chi connectivity index (χ1v) is 13.1. The van der Waals surface area contributed by atoms with Gasteiger partial charge < -0.3 is 9.80 Å². The van der Waals surface area contributed by atoms with E-state index in [0.29, 0.717) is 23.8 Å². The average Bonchev–Trinajstić information content (AvgIpc) is 3.43. The molecule has 1 aromatic heterocycles. The quantitative estimate of drug-likeness (QED) is 0.573. The van der Waals surface area contributed by atoms with Crippen LogP contribution in [0.4, 0.5) is 16.5 Å². The number of nitrogens with zero attached hydrogens (tertiary/aromatic N) is 3. The van der Waals surface area contributed by atoms with Crippen molar-refractivity contribution in [3.63, 3.8) is 0 Å². The predicted octanol–water partition coefficient (Wildman–Crippen LogP) is 4.40. The zero-order valence-corrected chi connectivity index (χ0v) is 19.5. The van der Waals surface area contributed by atoms with Gasteiger partial charge in [-0.15, -0.1) is 11.3 Å². The lowest BCUT2D eigenvalue weighted by molar-refractivity contribution is -0.118. The molecular weight excluding hydrogens is 468 g/mol. The fourth-order valence-corrected chi connectivity index (χ4v) is 6.45. The number of carbonyl (C=O) groups excluding carboxylic acids is 1. The number of thiazole rings is 1. The van der Waals surface area contributed by atoms with Crippen molar-refractivity contribution in [1.29, 1.82) is 0 Å². The largest absolute Gasteiger partial charge is 0.359 e. The van der Waals surface area contributed by atoms with Gasteiger partial charge in [-0.1, -0.05) is 17.7 Å². The molecule has 2 aromatic carbocycles. The molecular formula is C22H23ClN4O3S2. The van der Waals surface area contributed by atoms with E-state index in [1.54, 1.807) is 22.4 Å². The van der Waals surface area contributed by atoms with E-state index in [-0.39, 0.29) is 18.3 Å². The molecule has 0 radical (unpaired) electrons. The van der Waals surface area contributed by atoms with Crippen molar-refractivity contribution in [2.45, 2.75) is 30.2 Å². The Balaban J connectivity index is 0.00000259. The Hall–Kier alpha value is -2.62. The summed E-state index contributed by atoms with van der Waals surface area (Å²) in [6.07, 6.45) is 4.12. The average molecular weight is 491 g/mol. The number of anilines is 3. The third kappa shape index (κ3) is 3.85. The van der Waals surface area contributed by atoms with Gasteiger partial charge in [0.05, 0.1) is 4.90 Å². The third-order valence-electron chi connectivity index (χ3n) is 5.90. The van der Waals surface area contributed by atoms with Gasteiger partial charge in [0.1, 0.15) is 6.04 Å². The first kappa shape index (κ1) is 21.2. The van der Waals surface area contributed by atoms with E-state index < -0.39 is 10.0 Å². The van der Waals surface area contributed by atoms with Crippen LogP contribution in [0.15, 0.2) is 58.9 Å². The van der Waals surface area contributed by atoms with E-state index in [9.17, 15) is 13.2 Å². The highest BCUT2D eigenvalue weighted by Gasteiger charge is 2.38. The van der Waals surface area contributed by atoms with Crippen molar-refractivity contribution in [2.24, 2.45) is 0 Å². The topological polar surface area (TPSA) is 82.6 Å². The molecule has 0 bridgehead atoms. The summed E-state index contributed by atoms with van der Waals surface area (Å²) in [6, 6.07) is 12.0. The molecule has 1 saturated heterocycles. The number of benzene rings is 2. The third-order valence-corrected chi connectivity index (χ3v) is 8.42. The van der Waals surface area contributed by atoms with Gasteiger partial charge in [-0.05, 0) is 61.2 Å². The molecule has 168 valence electrons. The van der Waals surface area contributed by atoms with Gasteiger partial charge in [-0.2, -0.15) is 0 Å². The second-order valence-corrected chi connectivity index (χ2v) is 10.7. The first-order valence-electron chi connectivity index (χ1n) is 10.3. The molecule has 0 aliphatic carbocycles. The van der Waals surface area contributed by atoms with Crippen LogP contribution in [0.1, 0.15) is 19.8 Å². The molecule has 3 heterocycles. The standard InChI is InChI=1S/C22H21ClN4O3S2.H2/c23-18-4-1-5-19-17(18)3-2-12-27(19)20-10-13-26(21(20)28)15-6-8-16(9-7-15)32(29,30)25-22-24-11-14-31-22;/h1,4-9,11,14,20H,2-3,10,12-13H2,(H,24,25);1H/t20-;/m1./s1. The predicted molar refractivity (Wildman–Crippen MR) is 129 cm³/mol. The monoisotopic (exact) mass is 490 g/mol. The number of amides is 1. The highest BCUT2D eigenvalue weighted by molar-refractivity contribution is 7.93. The van der Waals surface area contributed by atoms with Gasteiger partial charge in [-0.25, -0.2) is 13.4 Å². The number of halogens is 1. The SMILES string of the molecule is O=C1[C@H](N2CCCc3c(Cl)cccc32)CCN1c1ccc(S(=O)(=O)Nc2nccs2)cc1.[HH]. The van der Waals surface area contributed by atoms with Gasteiger partial charge in [0.25, 0.3) is 10.0 Å². The Bertz CT molecular complexity index is 1250. The maximum Gasteiger partial charge on any atom is 0.263 e. The van der Waals surface area contributed by atoms with E-state index in [1.165, 1.54) is 29.7 Å². The molecule has 1 amide bonds. The van der Waals surface area contributed by atoms with Crippen LogP contribution in [0.2, 0.25) is 5.02 Å². The lowest BCUT2D eigenvalue weighted by Gasteiger charge is -2.35. The summed E-state index contributed by atoms with van der Waals surface area (Å²) in [5.74, 6) is 0.0225. The maximum absolute atomic E-state index is 13.3. The Labute approximate surface area is 197 Å². The normalized spacial score (nSPS) is 18.7. The van der Waals surface area contributed by atoms with E-state index in [2.05, 4.69) is 14.6 Å². The molecule has 32 heavy (non-hydrogen) atoms. The second-order valence-electron chi connectivity index (χ2n) is 7.77. The highest BCUT2D eigenvalue weighted by atomic mass is 35.5. The van der Waals surface area contributed by atoms with E-state index in [1.807, 2.05) is 18.2 Å². The second kappa shape index (κ2) is 8.38. The number of sulfonamides is 1. The van der Waals surface area contributed by atoms with E-state index in [0.717, 1.165) is 35.7 Å². The number of hydrogen-bond donors (Lipinski definition) is 1. The summed E-state index contributed by atoms with van der Waals surface area (Å²) in [4.78, 5) is 21.3. The number of aromatic nitrogens is 1. The minimum Gasteiger partial charge on any atom is -0.359 e. The Morgan fingerprint density at radius 1 is 1.16 bits per heavy atom. The molecule has 0 spiro atoms. The summed E-state index contributed by atoms with van der Waals surface area (Å²) < 4.78 is 27.6. The summed E-state index contributed by atoms with van der Waals surface area (Å²) >= 11 is 7.60. The summed E-state index contributed by atoms with van der Waals surface area (Å²) in [5.41, 5.74) is 2.83. The van der Waals surface area contributed by atoms with E-state index in [4.69, 9.17) is 11.6 Å². The van der Waals surface area contributed by atoms with Crippen molar-refractivity contribution >= 4 is 55.4 Å². The summed E-state index contributed by atoms with van der Waals surface area (Å²) in [6.45, 7) is 1.40. The van der Waals surface area contributed by atoms with Crippen molar-refractivity contribution < 1.29 is 14.6 Å². The lowest BCUT2D eigenvalue weighted by atomic mass is 9.99. The van der Waals surface area contributed by atoms with Crippen LogP contribution in [0.3, 0.4) is 0 Å². The van der Waals surface area contributed by atoms with Crippen molar-refractivity contribution in [1.82, 2.24) is 4.98 Å². The van der Waals surface area contributed by atoms with E-state index >= 15 is 0 Å². The molecule has 2 aliphatic rings. The van der Waals surface area contributed by atoms with Crippen LogP contribution >= 0.6 is 22.9 Å². The number of fused-ring (bicyclic) bond motifs is 1. The summed E-state index contributed by atoms with van der Waals surface area (Å²) in [7, 11) is -3.73. The zero-order valence-electron chi connectivity index (χ0n) is 17.1. The van der Waals surface area contributed by atoms with Gasteiger partial charge in [0, 0.05) is 42.5 Å². The van der Waals surface area contributed by atoms with Crippen LogP contribution in [0.5, 0.6) is 0 Å². The molecule has 3 aromatic rings. The van der Waals surface area contributed by atoms with Gasteiger partial charge in [0.15, 0.2) is 5.13 Å².